The van der Waals surface area contributed by atoms with E-state index in [1.807, 2.05) is 18.3 Å². The molecule has 1 aromatic heterocycles. The summed E-state index contributed by atoms with van der Waals surface area (Å²) in [6.07, 6.45) is 3.70. The number of aromatic amines is 1. The van der Waals surface area contributed by atoms with Crippen molar-refractivity contribution in [3.8, 4) is 5.75 Å². The molecule has 2 aromatic carbocycles. The van der Waals surface area contributed by atoms with Gasteiger partial charge in [0, 0.05) is 29.3 Å². The summed E-state index contributed by atoms with van der Waals surface area (Å²) in [5, 5.41) is 4.65. The maximum atomic E-state index is 5.47. The highest BCUT2D eigenvalue weighted by atomic mass is 16.5. The molecule has 0 radical (unpaired) electrons. The quantitative estimate of drug-likeness (QED) is 0.658. The topological polar surface area (TPSA) is 37.0 Å². The number of hydrogen-bond acceptors (Lipinski definition) is 2. The van der Waals surface area contributed by atoms with Crippen LogP contribution in [0.4, 0.5) is 5.69 Å². The first-order valence-corrected chi connectivity index (χ1v) is 6.99. The van der Waals surface area contributed by atoms with E-state index in [0.29, 0.717) is 6.61 Å². The van der Waals surface area contributed by atoms with Crippen LogP contribution in [0.25, 0.3) is 10.9 Å². The summed E-state index contributed by atoms with van der Waals surface area (Å²) in [4.78, 5) is 3.19. The minimum atomic E-state index is 0.536. The summed E-state index contributed by atoms with van der Waals surface area (Å²) >= 11 is 0. The molecule has 0 aliphatic rings. The molecule has 3 aromatic rings. The fourth-order valence-corrected chi connectivity index (χ4v) is 2.23. The van der Waals surface area contributed by atoms with E-state index in [1.165, 1.54) is 10.9 Å². The van der Waals surface area contributed by atoms with Crippen molar-refractivity contribution >= 4 is 16.6 Å². The number of anilines is 1. The molecule has 3 heteroatoms. The highest BCUT2D eigenvalue weighted by Crippen LogP contribution is 2.19. The third kappa shape index (κ3) is 3.26. The minimum Gasteiger partial charge on any atom is -0.490 e. The van der Waals surface area contributed by atoms with Gasteiger partial charge in [-0.3, -0.25) is 0 Å². The first kappa shape index (κ1) is 13.3. The molecule has 21 heavy (non-hydrogen) atoms. The smallest absolute Gasteiger partial charge is 0.119 e. The molecular weight excluding hydrogens is 260 g/mol. The molecule has 0 saturated carbocycles. The standard InChI is InChI=1S/C18H18N2O/c1-2-11-21-17-6-3-14(4-7-17)13-20-16-5-8-18-15(12-16)9-10-19-18/h2-10,12,19-20H,1,11,13H2. The zero-order valence-electron chi connectivity index (χ0n) is 11.8. The highest BCUT2D eigenvalue weighted by molar-refractivity contribution is 5.82. The number of nitrogens with one attached hydrogen (secondary N) is 2. The Balaban J connectivity index is 1.62. The number of H-pyrrole nitrogens is 1. The highest BCUT2D eigenvalue weighted by Gasteiger charge is 1.98. The Morgan fingerprint density at radius 2 is 1.95 bits per heavy atom. The van der Waals surface area contributed by atoms with E-state index in [4.69, 9.17) is 4.74 Å². The number of ether oxygens (including phenoxy) is 1. The van der Waals surface area contributed by atoms with E-state index in [2.05, 4.69) is 53.3 Å². The van der Waals surface area contributed by atoms with Crippen molar-refractivity contribution in [2.24, 2.45) is 0 Å². The van der Waals surface area contributed by atoms with Crippen LogP contribution in [0.2, 0.25) is 0 Å². The zero-order chi connectivity index (χ0) is 14.5. The molecule has 106 valence electrons. The van der Waals surface area contributed by atoms with E-state index in [-0.39, 0.29) is 0 Å². The third-order valence-electron chi connectivity index (χ3n) is 3.34. The summed E-state index contributed by atoms with van der Waals surface area (Å²) in [6, 6.07) is 16.5. The van der Waals surface area contributed by atoms with Crippen LogP contribution in [0.5, 0.6) is 5.75 Å². The van der Waals surface area contributed by atoms with E-state index in [9.17, 15) is 0 Å². The zero-order valence-corrected chi connectivity index (χ0v) is 11.8. The number of rotatable bonds is 6. The Hall–Kier alpha value is -2.68. The molecule has 0 amide bonds. The van der Waals surface area contributed by atoms with E-state index in [0.717, 1.165) is 23.5 Å². The van der Waals surface area contributed by atoms with Crippen LogP contribution in [0.1, 0.15) is 5.56 Å². The van der Waals surface area contributed by atoms with Gasteiger partial charge in [-0.2, -0.15) is 0 Å². The fraction of sp³-hybridized carbons (Fsp3) is 0.111. The Kier molecular flexibility index (Phi) is 3.92. The predicted octanol–water partition coefficient (Wildman–Crippen LogP) is 4.34. The van der Waals surface area contributed by atoms with Gasteiger partial charge in [0.25, 0.3) is 0 Å². The summed E-state index contributed by atoms with van der Waals surface area (Å²) in [6.45, 7) is 4.96. The van der Waals surface area contributed by atoms with Crippen LogP contribution in [0.3, 0.4) is 0 Å². The van der Waals surface area contributed by atoms with Gasteiger partial charge in [-0.15, -0.1) is 0 Å². The molecule has 0 atom stereocenters. The molecule has 0 fully saturated rings. The molecule has 3 nitrogen and oxygen atoms in total. The van der Waals surface area contributed by atoms with Gasteiger partial charge in [0.1, 0.15) is 12.4 Å². The molecule has 0 bridgehead atoms. The summed E-state index contributed by atoms with van der Waals surface area (Å²) in [7, 11) is 0. The van der Waals surface area contributed by atoms with Crippen LogP contribution in [0, 0.1) is 0 Å². The van der Waals surface area contributed by atoms with Crippen LogP contribution in [0.15, 0.2) is 67.4 Å². The Bertz CT molecular complexity index is 728. The van der Waals surface area contributed by atoms with Gasteiger partial charge in [0.05, 0.1) is 0 Å². The SMILES string of the molecule is C=CCOc1ccc(CNc2ccc3[nH]ccc3c2)cc1. The second-order valence-electron chi connectivity index (χ2n) is 4.88. The van der Waals surface area contributed by atoms with Crippen LogP contribution < -0.4 is 10.1 Å². The van der Waals surface area contributed by atoms with Gasteiger partial charge < -0.3 is 15.0 Å². The minimum absolute atomic E-state index is 0.536. The number of benzene rings is 2. The largest absolute Gasteiger partial charge is 0.490 e. The molecule has 0 spiro atoms. The monoisotopic (exact) mass is 278 g/mol. The number of aromatic nitrogens is 1. The Morgan fingerprint density at radius 1 is 1.10 bits per heavy atom. The average molecular weight is 278 g/mol. The average Bonchev–Trinajstić information content (AvgIpc) is 2.99. The van der Waals surface area contributed by atoms with Gasteiger partial charge in [-0.25, -0.2) is 0 Å². The summed E-state index contributed by atoms with van der Waals surface area (Å²) in [5.41, 5.74) is 3.49. The third-order valence-corrected chi connectivity index (χ3v) is 3.34. The van der Waals surface area contributed by atoms with Gasteiger partial charge in [-0.05, 0) is 42.0 Å². The Labute approximate surface area is 124 Å². The first-order chi connectivity index (χ1) is 10.3. The predicted molar refractivity (Wildman–Crippen MR) is 87.8 cm³/mol. The van der Waals surface area contributed by atoms with Gasteiger partial charge in [0.15, 0.2) is 0 Å². The van der Waals surface area contributed by atoms with Crippen molar-refractivity contribution in [2.75, 3.05) is 11.9 Å². The van der Waals surface area contributed by atoms with Gasteiger partial charge in [0.2, 0.25) is 0 Å². The van der Waals surface area contributed by atoms with Crippen molar-refractivity contribution in [3.05, 3.63) is 72.9 Å². The molecule has 0 saturated heterocycles. The van der Waals surface area contributed by atoms with Crippen LogP contribution in [-0.2, 0) is 6.54 Å². The molecule has 1 heterocycles. The van der Waals surface area contributed by atoms with Crippen molar-refractivity contribution in [3.63, 3.8) is 0 Å². The number of fused-ring (bicyclic) bond motifs is 1. The lowest BCUT2D eigenvalue weighted by atomic mass is 10.2. The molecule has 0 aliphatic heterocycles. The summed E-state index contributed by atoms with van der Waals surface area (Å²) < 4.78 is 5.47. The van der Waals surface area contributed by atoms with Crippen molar-refractivity contribution in [2.45, 2.75) is 6.54 Å². The van der Waals surface area contributed by atoms with Crippen LogP contribution >= 0.6 is 0 Å². The maximum absolute atomic E-state index is 5.47. The van der Waals surface area contributed by atoms with Crippen molar-refractivity contribution in [1.82, 2.24) is 4.98 Å². The van der Waals surface area contributed by atoms with Crippen molar-refractivity contribution < 1.29 is 4.74 Å². The maximum Gasteiger partial charge on any atom is 0.119 e. The normalized spacial score (nSPS) is 10.5. The number of hydrogen-bond donors (Lipinski definition) is 2. The van der Waals surface area contributed by atoms with Crippen LogP contribution in [-0.4, -0.2) is 11.6 Å². The van der Waals surface area contributed by atoms with Crippen molar-refractivity contribution in [1.29, 1.82) is 0 Å². The molecule has 0 unspecified atom stereocenters. The summed E-state index contributed by atoms with van der Waals surface area (Å²) in [5.74, 6) is 0.868. The van der Waals surface area contributed by atoms with E-state index in [1.54, 1.807) is 6.08 Å². The molecule has 0 aliphatic carbocycles. The van der Waals surface area contributed by atoms with E-state index >= 15 is 0 Å². The van der Waals surface area contributed by atoms with E-state index < -0.39 is 0 Å². The molecule has 2 N–H and O–H groups in total. The lowest BCUT2D eigenvalue weighted by Gasteiger charge is -2.08. The lowest BCUT2D eigenvalue weighted by Crippen LogP contribution is -1.99. The molecule has 3 rings (SSSR count). The molecular formula is C18H18N2O. The van der Waals surface area contributed by atoms with Gasteiger partial charge in [-0.1, -0.05) is 24.8 Å². The fourth-order valence-electron chi connectivity index (χ4n) is 2.23. The first-order valence-electron chi connectivity index (χ1n) is 6.99. The van der Waals surface area contributed by atoms with Gasteiger partial charge >= 0.3 is 0 Å². The Morgan fingerprint density at radius 3 is 2.76 bits per heavy atom. The second-order valence-corrected chi connectivity index (χ2v) is 4.88. The lowest BCUT2D eigenvalue weighted by molar-refractivity contribution is 0.363. The second kappa shape index (κ2) is 6.18.